The first-order chi connectivity index (χ1) is 12.7. The smallest absolute Gasteiger partial charge is 0.270 e. The minimum atomic E-state index is -0.520. The maximum absolute atomic E-state index is 12.9. The van der Waals surface area contributed by atoms with Crippen LogP contribution in [0, 0.1) is 10.1 Å². The van der Waals surface area contributed by atoms with Crippen molar-refractivity contribution in [3.63, 3.8) is 0 Å². The molecule has 0 radical (unpaired) electrons. The van der Waals surface area contributed by atoms with Gasteiger partial charge in [0.2, 0.25) is 0 Å². The number of nitro benzene ring substituents is 1. The lowest BCUT2D eigenvalue weighted by Crippen LogP contribution is -2.28. The van der Waals surface area contributed by atoms with Crippen LogP contribution < -0.4 is 10.2 Å². The molecule has 0 spiro atoms. The van der Waals surface area contributed by atoms with E-state index in [4.69, 9.17) is 0 Å². The fourth-order valence-electron chi connectivity index (χ4n) is 2.66. The first-order valence-electron chi connectivity index (χ1n) is 8.27. The standard InChI is InChI=1S/C19H22N4O4/c1-20-18(24)14-7-5-13(6-8-14)12-22(4)19(25)16-11-15(23(26)27)9-10-17(16)21(2)3/h5-11H,12H2,1-4H3,(H,20,24). The molecule has 2 amide bonds. The van der Waals surface area contributed by atoms with Crippen molar-refractivity contribution in [3.05, 3.63) is 69.3 Å². The highest BCUT2D eigenvalue weighted by atomic mass is 16.6. The average molecular weight is 370 g/mol. The lowest BCUT2D eigenvalue weighted by molar-refractivity contribution is -0.384. The van der Waals surface area contributed by atoms with Crippen molar-refractivity contribution in [2.75, 3.05) is 33.1 Å². The Morgan fingerprint density at radius 1 is 1.07 bits per heavy atom. The van der Waals surface area contributed by atoms with Crippen LogP contribution in [0.3, 0.4) is 0 Å². The third kappa shape index (κ3) is 4.60. The maximum Gasteiger partial charge on any atom is 0.270 e. The molecular formula is C19H22N4O4. The van der Waals surface area contributed by atoms with Gasteiger partial charge in [-0.1, -0.05) is 12.1 Å². The molecule has 2 aromatic carbocycles. The van der Waals surface area contributed by atoms with Crippen molar-refractivity contribution in [2.24, 2.45) is 0 Å². The van der Waals surface area contributed by atoms with E-state index in [1.807, 2.05) is 0 Å². The van der Waals surface area contributed by atoms with Crippen molar-refractivity contribution in [3.8, 4) is 0 Å². The Kier molecular flexibility index (Phi) is 6.12. The summed E-state index contributed by atoms with van der Waals surface area (Å²) in [7, 11) is 6.74. The highest BCUT2D eigenvalue weighted by Crippen LogP contribution is 2.25. The van der Waals surface area contributed by atoms with Crippen LogP contribution in [0.15, 0.2) is 42.5 Å². The fourth-order valence-corrected chi connectivity index (χ4v) is 2.66. The van der Waals surface area contributed by atoms with E-state index < -0.39 is 4.92 Å². The van der Waals surface area contributed by atoms with E-state index in [2.05, 4.69) is 5.32 Å². The topological polar surface area (TPSA) is 95.8 Å². The van der Waals surface area contributed by atoms with Gasteiger partial charge < -0.3 is 15.1 Å². The molecule has 1 N–H and O–H groups in total. The third-order valence-corrected chi connectivity index (χ3v) is 4.11. The second-order valence-corrected chi connectivity index (χ2v) is 6.29. The van der Waals surface area contributed by atoms with E-state index >= 15 is 0 Å². The summed E-state index contributed by atoms with van der Waals surface area (Å²) in [6, 6.07) is 11.2. The van der Waals surface area contributed by atoms with Crippen LogP contribution in [0.2, 0.25) is 0 Å². The van der Waals surface area contributed by atoms with Crippen LogP contribution >= 0.6 is 0 Å². The summed E-state index contributed by atoms with van der Waals surface area (Å²) < 4.78 is 0. The Balaban J connectivity index is 2.25. The number of nitro groups is 1. The van der Waals surface area contributed by atoms with E-state index in [-0.39, 0.29) is 23.1 Å². The molecule has 0 saturated carbocycles. The van der Waals surface area contributed by atoms with Crippen molar-refractivity contribution >= 4 is 23.2 Å². The minimum Gasteiger partial charge on any atom is -0.377 e. The van der Waals surface area contributed by atoms with Gasteiger partial charge in [-0.15, -0.1) is 0 Å². The van der Waals surface area contributed by atoms with E-state index in [9.17, 15) is 19.7 Å². The molecule has 0 bridgehead atoms. The second kappa shape index (κ2) is 8.31. The van der Waals surface area contributed by atoms with E-state index in [1.165, 1.54) is 17.0 Å². The number of amides is 2. The van der Waals surface area contributed by atoms with E-state index in [0.29, 0.717) is 17.8 Å². The van der Waals surface area contributed by atoms with Crippen molar-refractivity contribution in [1.82, 2.24) is 10.2 Å². The quantitative estimate of drug-likeness (QED) is 0.622. The van der Waals surface area contributed by atoms with Gasteiger partial charge in [0, 0.05) is 58.1 Å². The molecule has 2 aromatic rings. The minimum absolute atomic E-state index is 0.132. The summed E-state index contributed by atoms with van der Waals surface area (Å²) in [5.74, 6) is -0.504. The molecule has 8 heteroatoms. The van der Waals surface area contributed by atoms with Gasteiger partial charge in [-0.25, -0.2) is 0 Å². The fraction of sp³-hybridized carbons (Fsp3) is 0.263. The van der Waals surface area contributed by atoms with Gasteiger partial charge >= 0.3 is 0 Å². The Morgan fingerprint density at radius 2 is 1.70 bits per heavy atom. The van der Waals surface area contributed by atoms with Gasteiger partial charge in [0.25, 0.3) is 17.5 Å². The van der Waals surface area contributed by atoms with Gasteiger partial charge in [-0.2, -0.15) is 0 Å². The zero-order valence-corrected chi connectivity index (χ0v) is 15.7. The first-order valence-corrected chi connectivity index (χ1v) is 8.27. The number of rotatable bonds is 6. The highest BCUT2D eigenvalue weighted by Gasteiger charge is 2.21. The second-order valence-electron chi connectivity index (χ2n) is 6.29. The zero-order valence-electron chi connectivity index (χ0n) is 15.7. The lowest BCUT2D eigenvalue weighted by Gasteiger charge is -2.22. The van der Waals surface area contributed by atoms with Gasteiger partial charge in [-0.05, 0) is 23.8 Å². The number of carbonyl (C=O) groups excluding carboxylic acids is 2. The van der Waals surface area contributed by atoms with Crippen LogP contribution in [-0.4, -0.2) is 49.8 Å². The summed E-state index contributed by atoms with van der Waals surface area (Å²) in [4.78, 5) is 38.2. The molecule has 0 unspecified atom stereocenters. The van der Waals surface area contributed by atoms with Gasteiger partial charge in [0.1, 0.15) is 0 Å². The molecule has 8 nitrogen and oxygen atoms in total. The summed E-state index contributed by atoms with van der Waals surface area (Å²) >= 11 is 0. The van der Waals surface area contributed by atoms with Gasteiger partial charge in [0.05, 0.1) is 10.5 Å². The number of nitrogens with one attached hydrogen (secondary N) is 1. The van der Waals surface area contributed by atoms with Crippen molar-refractivity contribution in [2.45, 2.75) is 6.54 Å². The van der Waals surface area contributed by atoms with Gasteiger partial charge in [0.15, 0.2) is 0 Å². The van der Waals surface area contributed by atoms with Crippen molar-refractivity contribution in [1.29, 1.82) is 0 Å². The van der Waals surface area contributed by atoms with E-state index in [1.54, 1.807) is 63.4 Å². The maximum atomic E-state index is 12.9. The highest BCUT2D eigenvalue weighted by molar-refractivity contribution is 6.00. The largest absolute Gasteiger partial charge is 0.377 e. The predicted molar refractivity (Wildman–Crippen MR) is 103 cm³/mol. The lowest BCUT2D eigenvalue weighted by atomic mass is 10.1. The predicted octanol–water partition coefficient (Wildman–Crippen LogP) is 2.29. The van der Waals surface area contributed by atoms with Crippen molar-refractivity contribution < 1.29 is 14.5 Å². The molecule has 0 atom stereocenters. The Morgan fingerprint density at radius 3 is 2.22 bits per heavy atom. The van der Waals surface area contributed by atoms with Crippen LogP contribution in [0.4, 0.5) is 11.4 Å². The summed E-state index contributed by atoms with van der Waals surface area (Å²) in [5, 5.41) is 13.6. The summed E-state index contributed by atoms with van der Waals surface area (Å²) in [6.45, 7) is 0.308. The number of hydrogen-bond donors (Lipinski definition) is 1. The number of non-ortho nitro benzene ring substituents is 1. The van der Waals surface area contributed by atoms with Crippen LogP contribution in [-0.2, 0) is 6.54 Å². The SMILES string of the molecule is CNC(=O)c1ccc(CN(C)C(=O)c2cc([N+](=O)[O-])ccc2N(C)C)cc1. The zero-order chi connectivity index (χ0) is 20.1. The molecule has 142 valence electrons. The van der Waals surface area contributed by atoms with E-state index in [0.717, 1.165) is 5.56 Å². The molecule has 2 rings (SSSR count). The van der Waals surface area contributed by atoms with Crippen LogP contribution in [0.1, 0.15) is 26.3 Å². The first kappa shape index (κ1) is 19.9. The molecule has 0 aliphatic heterocycles. The monoisotopic (exact) mass is 370 g/mol. The number of hydrogen-bond acceptors (Lipinski definition) is 5. The molecule has 0 fully saturated rings. The third-order valence-electron chi connectivity index (χ3n) is 4.11. The van der Waals surface area contributed by atoms with Crippen LogP contribution in [0.25, 0.3) is 0 Å². The normalized spacial score (nSPS) is 10.2. The number of nitrogens with zero attached hydrogens (tertiary/aromatic N) is 3. The van der Waals surface area contributed by atoms with Crippen LogP contribution in [0.5, 0.6) is 0 Å². The summed E-state index contributed by atoms with van der Waals surface area (Å²) in [6.07, 6.45) is 0. The Labute approximate surface area is 157 Å². The van der Waals surface area contributed by atoms with Gasteiger partial charge in [-0.3, -0.25) is 19.7 Å². The Hall–Kier alpha value is -3.42. The summed E-state index contributed by atoms with van der Waals surface area (Å²) in [5.41, 5.74) is 2.11. The molecule has 0 heterocycles. The molecule has 0 aliphatic carbocycles. The molecule has 0 aliphatic rings. The number of carbonyl (C=O) groups is 2. The molecular weight excluding hydrogens is 348 g/mol. The molecule has 0 saturated heterocycles. The molecule has 0 aromatic heterocycles. The number of benzene rings is 2. The average Bonchev–Trinajstić information content (AvgIpc) is 2.66. The number of anilines is 1. The molecule has 27 heavy (non-hydrogen) atoms. The Bertz CT molecular complexity index is 863.